The second kappa shape index (κ2) is 8.50. The van der Waals surface area contributed by atoms with E-state index in [1.165, 1.54) is 12.1 Å². The van der Waals surface area contributed by atoms with Crippen molar-refractivity contribution in [3.8, 4) is 11.5 Å². The number of benzene rings is 2. The highest BCUT2D eigenvalue weighted by Gasteiger charge is 2.49. The molecule has 0 spiro atoms. The highest BCUT2D eigenvalue weighted by molar-refractivity contribution is 6.51. The summed E-state index contributed by atoms with van der Waals surface area (Å²) >= 11 is 0. The molecule has 0 aliphatic carbocycles. The van der Waals surface area contributed by atoms with Gasteiger partial charge < -0.3 is 19.4 Å². The van der Waals surface area contributed by atoms with Gasteiger partial charge in [-0.2, -0.15) is 0 Å². The Morgan fingerprint density at radius 3 is 2.42 bits per heavy atom. The number of phenolic OH excluding ortho intramolecular Hbond substituents is 1. The lowest BCUT2D eigenvalue weighted by Gasteiger charge is -2.24. The Balaban J connectivity index is 1.95. The summed E-state index contributed by atoms with van der Waals surface area (Å²) in [6, 6.07) is 13.7. The van der Waals surface area contributed by atoms with E-state index in [1.54, 1.807) is 56.5 Å². The standard InChI is InChI=1S/C26H25NO6/c1-14(2)17-13-16(10-12-20(17)32-4)24(29)22-23(21-11-9-15(3)33-21)27(26(31)25(22)30)18-7-5-6-8-19(18)28/h5-14,23,28-29H,1-4H3/b24-22-. The van der Waals surface area contributed by atoms with Gasteiger partial charge in [-0.3, -0.25) is 14.5 Å². The summed E-state index contributed by atoms with van der Waals surface area (Å²) in [5.41, 5.74) is 1.26. The third-order valence-electron chi connectivity index (χ3n) is 5.74. The number of carbonyl (C=O) groups is 2. The van der Waals surface area contributed by atoms with Crippen molar-refractivity contribution >= 4 is 23.1 Å². The van der Waals surface area contributed by atoms with Crippen LogP contribution in [0.3, 0.4) is 0 Å². The highest BCUT2D eigenvalue weighted by atomic mass is 16.5. The molecule has 1 aliphatic rings. The van der Waals surface area contributed by atoms with Crippen molar-refractivity contribution in [2.75, 3.05) is 12.0 Å². The number of hydrogen-bond donors (Lipinski definition) is 2. The Kier molecular flexibility index (Phi) is 5.72. The SMILES string of the molecule is COc1ccc(/C(O)=C2/C(=O)C(=O)N(c3ccccc3O)C2c2ccc(C)o2)cc1C(C)C. The summed E-state index contributed by atoms with van der Waals surface area (Å²) in [5, 5.41) is 21.7. The van der Waals surface area contributed by atoms with E-state index in [-0.39, 0.29) is 28.7 Å². The van der Waals surface area contributed by atoms with E-state index in [2.05, 4.69) is 0 Å². The topological polar surface area (TPSA) is 100 Å². The fourth-order valence-corrected chi connectivity index (χ4v) is 4.11. The number of aryl methyl sites for hydroxylation is 1. The van der Waals surface area contributed by atoms with Crippen LogP contribution in [0.2, 0.25) is 0 Å². The fraction of sp³-hybridized carbons (Fsp3) is 0.231. The van der Waals surface area contributed by atoms with Crippen LogP contribution >= 0.6 is 0 Å². The minimum absolute atomic E-state index is 0.0971. The van der Waals surface area contributed by atoms with Crippen LogP contribution in [0.15, 0.2) is 64.6 Å². The smallest absolute Gasteiger partial charge is 0.300 e. The lowest BCUT2D eigenvalue weighted by molar-refractivity contribution is -0.132. The molecule has 7 nitrogen and oxygen atoms in total. The lowest BCUT2D eigenvalue weighted by Crippen LogP contribution is -2.29. The molecule has 2 heterocycles. The summed E-state index contributed by atoms with van der Waals surface area (Å²) < 4.78 is 11.2. The molecule has 170 valence electrons. The molecule has 1 aromatic heterocycles. The first-order valence-electron chi connectivity index (χ1n) is 10.6. The van der Waals surface area contributed by atoms with E-state index in [0.717, 1.165) is 10.5 Å². The van der Waals surface area contributed by atoms with Crippen molar-refractivity contribution in [1.29, 1.82) is 0 Å². The number of rotatable bonds is 5. The maximum atomic E-state index is 13.2. The van der Waals surface area contributed by atoms with Crippen molar-refractivity contribution in [3.05, 3.63) is 82.8 Å². The Hall–Kier alpha value is -4.00. The predicted molar refractivity (Wildman–Crippen MR) is 123 cm³/mol. The molecular weight excluding hydrogens is 422 g/mol. The highest BCUT2D eigenvalue weighted by Crippen LogP contribution is 2.45. The number of amides is 1. The summed E-state index contributed by atoms with van der Waals surface area (Å²) in [6.45, 7) is 5.73. The molecule has 1 unspecified atom stereocenters. The van der Waals surface area contributed by atoms with Gasteiger partial charge in [-0.05, 0) is 60.9 Å². The third-order valence-corrected chi connectivity index (χ3v) is 5.74. The monoisotopic (exact) mass is 447 g/mol. The van der Waals surface area contributed by atoms with E-state index in [9.17, 15) is 19.8 Å². The molecule has 1 aliphatic heterocycles. The van der Waals surface area contributed by atoms with Gasteiger partial charge in [0.15, 0.2) is 0 Å². The van der Waals surface area contributed by atoms with Gasteiger partial charge in [0.1, 0.15) is 34.8 Å². The van der Waals surface area contributed by atoms with Gasteiger partial charge in [-0.1, -0.05) is 26.0 Å². The zero-order valence-corrected chi connectivity index (χ0v) is 18.8. The first-order chi connectivity index (χ1) is 15.7. The van der Waals surface area contributed by atoms with E-state index in [0.29, 0.717) is 22.8 Å². The number of aromatic hydroxyl groups is 1. The van der Waals surface area contributed by atoms with Crippen molar-refractivity contribution in [3.63, 3.8) is 0 Å². The zero-order chi connectivity index (χ0) is 23.9. The van der Waals surface area contributed by atoms with Crippen molar-refractivity contribution < 1.29 is 29.0 Å². The van der Waals surface area contributed by atoms with Gasteiger partial charge in [-0.15, -0.1) is 0 Å². The molecule has 1 atom stereocenters. The summed E-state index contributed by atoms with van der Waals surface area (Å²) in [5.74, 6) is -0.580. The Bertz CT molecular complexity index is 1270. The Labute approximate surface area is 191 Å². The molecule has 1 amide bonds. The minimum Gasteiger partial charge on any atom is -0.507 e. The predicted octanol–water partition coefficient (Wildman–Crippen LogP) is 5.05. The molecule has 0 saturated carbocycles. The Morgan fingerprint density at radius 1 is 1.09 bits per heavy atom. The molecule has 3 aromatic rings. The normalized spacial score (nSPS) is 17.7. The van der Waals surface area contributed by atoms with Crippen LogP contribution in [0, 0.1) is 6.92 Å². The number of Topliss-reactive ketones (excluding diaryl/α,β-unsaturated/α-hetero) is 1. The quantitative estimate of drug-likeness (QED) is 0.322. The molecule has 1 fully saturated rings. The number of carbonyl (C=O) groups excluding carboxylic acids is 2. The number of furan rings is 1. The molecule has 2 aromatic carbocycles. The summed E-state index contributed by atoms with van der Waals surface area (Å²) in [6.07, 6.45) is 0. The molecule has 4 rings (SSSR count). The maximum absolute atomic E-state index is 13.2. The van der Waals surface area contributed by atoms with Crippen LogP contribution in [0.5, 0.6) is 11.5 Å². The van der Waals surface area contributed by atoms with Crippen LogP contribution < -0.4 is 9.64 Å². The van der Waals surface area contributed by atoms with Gasteiger partial charge in [0.25, 0.3) is 11.7 Å². The Morgan fingerprint density at radius 2 is 1.82 bits per heavy atom. The van der Waals surface area contributed by atoms with Gasteiger partial charge in [0.05, 0.1) is 18.4 Å². The number of aliphatic hydroxyl groups excluding tert-OH is 1. The number of ketones is 1. The number of anilines is 1. The number of para-hydroxylation sites is 2. The van der Waals surface area contributed by atoms with Crippen LogP contribution in [0.25, 0.3) is 5.76 Å². The number of phenols is 1. The molecule has 33 heavy (non-hydrogen) atoms. The average molecular weight is 447 g/mol. The van der Waals surface area contributed by atoms with Gasteiger partial charge in [0, 0.05) is 5.56 Å². The van der Waals surface area contributed by atoms with E-state index in [4.69, 9.17) is 9.15 Å². The van der Waals surface area contributed by atoms with Crippen molar-refractivity contribution in [2.24, 2.45) is 0 Å². The molecule has 0 radical (unpaired) electrons. The number of nitrogens with zero attached hydrogens (tertiary/aromatic N) is 1. The summed E-state index contributed by atoms with van der Waals surface area (Å²) in [7, 11) is 1.57. The second-order valence-corrected chi connectivity index (χ2v) is 8.22. The molecule has 2 N–H and O–H groups in total. The maximum Gasteiger partial charge on any atom is 0.300 e. The largest absolute Gasteiger partial charge is 0.507 e. The molecular formula is C26H25NO6. The van der Waals surface area contributed by atoms with Crippen LogP contribution in [0.1, 0.15) is 48.5 Å². The van der Waals surface area contributed by atoms with Crippen LogP contribution in [-0.2, 0) is 9.59 Å². The number of hydrogen-bond acceptors (Lipinski definition) is 6. The van der Waals surface area contributed by atoms with E-state index < -0.39 is 17.7 Å². The average Bonchev–Trinajstić information content (AvgIpc) is 3.34. The fourth-order valence-electron chi connectivity index (χ4n) is 4.11. The lowest BCUT2D eigenvalue weighted by atomic mass is 9.95. The van der Waals surface area contributed by atoms with Crippen molar-refractivity contribution in [2.45, 2.75) is 32.7 Å². The number of aliphatic hydroxyl groups is 1. The van der Waals surface area contributed by atoms with Crippen LogP contribution in [0.4, 0.5) is 5.69 Å². The van der Waals surface area contributed by atoms with E-state index in [1.807, 2.05) is 13.8 Å². The number of methoxy groups -OCH3 is 1. The van der Waals surface area contributed by atoms with E-state index >= 15 is 0 Å². The number of ether oxygens (including phenoxy) is 1. The molecule has 0 bridgehead atoms. The summed E-state index contributed by atoms with van der Waals surface area (Å²) in [4.78, 5) is 27.5. The zero-order valence-electron chi connectivity index (χ0n) is 18.8. The van der Waals surface area contributed by atoms with Crippen LogP contribution in [-0.4, -0.2) is 29.0 Å². The molecule has 7 heteroatoms. The minimum atomic E-state index is -1.04. The first kappa shape index (κ1) is 22.2. The molecule has 1 saturated heterocycles. The third kappa shape index (κ3) is 3.75. The first-order valence-corrected chi connectivity index (χ1v) is 10.6. The van der Waals surface area contributed by atoms with Gasteiger partial charge >= 0.3 is 0 Å². The van der Waals surface area contributed by atoms with Gasteiger partial charge in [-0.25, -0.2) is 0 Å². The van der Waals surface area contributed by atoms with Gasteiger partial charge in [0.2, 0.25) is 0 Å². The second-order valence-electron chi connectivity index (χ2n) is 8.22. The van der Waals surface area contributed by atoms with Crippen molar-refractivity contribution in [1.82, 2.24) is 0 Å².